The fourth-order valence-corrected chi connectivity index (χ4v) is 5.19. The summed E-state index contributed by atoms with van der Waals surface area (Å²) in [5.41, 5.74) is 0.881. The standard InChI is InChI=1S/C20H23F2N3O4S2/c21-20(22)29-16-5-3-15(4-6-16)9-10-23-18(26)14-30-19-8-7-17(13-24-19)31(27,28)25-11-1-2-12-25/h3-8,13,20H,1-2,9-12,14H2,(H,23,26). The molecule has 0 atom stereocenters. The Morgan fingerprint density at radius 3 is 2.48 bits per heavy atom. The summed E-state index contributed by atoms with van der Waals surface area (Å²) in [6, 6.07) is 9.36. The topological polar surface area (TPSA) is 88.6 Å². The summed E-state index contributed by atoms with van der Waals surface area (Å²) in [5, 5.41) is 3.34. The quantitative estimate of drug-likeness (QED) is 0.536. The van der Waals surface area contributed by atoms with Crippen LogP contribution in [0.3, 0.4) is 0 Å². The first-order valence-corrected chi connectivity index (χ1v) is 12.2. The molecule has 1 amide bonds. The Hall–Kier alpha value is -2.24. The number of sulfonamides is 1. The zero-order valence-corrected chi connectivity index (χ0v) is 18.3. The number of nitrogens with one attached hydrogen (secondary N) is 1. The zero-order valence-electron chi connectivity index (χ0n) is 16.7. The van der Waals surface area contributed by atoms with Gasteiger partial charge < -0.3 is 10.1 Å². The van der Waals surface area contributed by atoms with Crippen LogP contribution in [0.2, 0.25) is 0 Å². The summed E-state index contributed by atoms with van der Waals surface area (Å²) in [6.45, 7) is -1.39. The summed E-state index contributed by atoms with van der Waals surface area (Å²) < 4.78 is 55.0. The number of carbonyl (C=O) groups is 1. The van der Waals surface area contributed by atoms with Gasteiger partial charge in [-0.3, -0.25) is 4.79 Å². The van der Waals surface area contributed by atoms with Gasteiger partial charge in [0.1, 0.15) is 10.6 Å². The summed E-state index contributed by atoms with van der Waals surface area (Å²) >= 11 is 1.21. The van der Waals surface area contributed by atoms with Crippen LogP contribution in [0.4, 0.5) is 8.78 Å². The number of alkyl halides is 2. The highest BCUT2D eigenvalue weighted by Gasteiger charge is 2.27. The van der Waals surface area contributed by atoms with Crippen LogP contribution < -0.4 is 10.1 Å². The molecule has 2 heterocycles. The third-order valence-electron chi connectivity index (χ3n) is 4.65. The third-order valence-corrected chi connectivity index (χ3v) is 7.47. The van der Waals surface area contributed by atoms with Gasteiger partial charge in [-0.2, -0.15) is 13.1 Å². The fourth-order valence-electron chi connectivity index (χ4n) is 3.06. The van der Waals surface area contributed by atoms with Crippen molar-refractivity contribution in [1.29, 1.82) is 0 Å². The van der Waals surface area contributed by atoms with Gasteiger partial charge in [-0.15, -0.1) is 0 Å². The average molecular weight is 472 g/mol. The van der Waals surface area contributed by atoms with Crippen molar-refractivity contribution in [3.05, 3.63) is 48.2 Å². The highest BCUT2D eigenvalue weighted by atomic mass is 32.2. The van der Waals surface area contributed by atoms with E-state index in [1.165, 1.54) is 40.5 Å². The number of hydrogen-bond donors (Lipinski definition) is 1. The Labute approximate surface area is 184 Å². The minimum Gasteiger partial charge on any atom is -0.435 e. The van der Waals surface area contributed by atoms with Crippen molar-refractivity contribution >= 4 is 27.7 Å². The molecule has 1 N–H and O–H groups in total. The van der Waals surface area contributed by atoms with Crippen molar-refractivity contribution in [2.75, 3.05) is 25.4 Å². The second kappa shape index (κ2) is 10.9. The number of aromatic nitrogens is 1. The van der Waals surface area contributed by atoms with Crippen LogP contribution in [0.25, 0.3) is 0 Å². The number of amides is 1. The van der Waals surface area contributed by atoms with Crippen LogP contribution in [0.15, 0.2) is 52.5 Å². The SMILES string of the molecule is O=C(CSc1ccc(S(=O)(=O)N2CCCC2)cn1)NCCc1ccc(OC(F)F)cc1. The van der Waals surface area contributed by atoms with Crippen molar-refractivity contribution in [3.63, 3.8) is 0 Å². The molecule has 0 bridgehead atoms. The van der Waals surface area contributed by atoms with Crippen LogP contribution in [-0.2, 0) is 21.2 Å². The number of benzene rings is 1. The first kappa shape index (κ1) is 23.4. The molecule has 31 heavy (non-hydrogen) atoms. The lowest BCUT2D eigenvalue weighted by molar-refractivity contribution is -0.118. The van der Waals surface area contributed by atoms with E-state index < -0.39 is 16.6 Å². The Kier molecular flexibility index (Phi) is 8.22. The van der Waals surface area contributed by atoms with E-state index >= 15 is 0 Å². The molecule has 168 valence electrons. The summed E-state index contributed by atoms with van der Waals surface area (Å²) in [5.74, 6) is 0.0518. The monoisotopic (exact) mass is 471 g/mol. The van der Waals surface area contributed by atoms with E-state index in [-0.39, 0.29) is 22.3 Å². The molecule has 1 fully saturated rings. The van der Waals surface area contributed by atoms with Crippen molar-refractivity contribution < 1.29 is 26.7 Å². The number of pyridine rings is 1. The maximum absolute atomic E-state index is 12.5. The van der Waals surface area contributed by atoms with Crippen LogP contribution in [0.5, 0.6) is 5.75 Å². The van der Waals surface area contributed by atoms with Crippen LogP contribution >= 0.6 is 11.8 Å². The van der Waals surface area contributed by atoms with Crippen LogP contribution in [0, 0.1) is 0 Å². The van der Waals surface area contributed by atoms with E-state index in [0.717, 1.165) is 18.4 Å². The molecule has 3 rings (SSSR count). The molecule has 1 aliphatic heterocycles. The first-order valence-electron chi connectivity index (χ1n) is 9.74. The van der Waals surface area contributed by atoms with Gasteiger partial charge in [0.25, 0.3) is 0 Å². The fraction of sp³-hybridized carbons (Fsp3) is 0.400. The van der Waals surface area contributed by atoms with Crippen molar-refractivity contribution in [2.45, 2.75) is 35.8 Å². The van der Waals surface area contributed by atoms with Crippen molar-refractivity contribution in [2.24, 2.45) is 0 Å². The molecule has 11 heteroatoms. The number of carbonyl (C=O) groups excluding carboxylic acids is 1. The number of halogens is 2. The van der Waals surface area contributed by atoms with Crippen LogP contribution in [0.1, 0.15) is 18.4 Å². The van der Waals surface area contributed by atoms with E-state index in [1.807, 2.05) is 0 Å². The van der Waals surface area contributed by atoms with Gasteiger partial charge in [0, 0.05) is 25.8 Å². The lowest BCUT2D eigenvalue weighted by atomic mass is 10.1. The lowest BCUT2D eigenvalue weighted by Gasteiger charge is -2.15. The van der Waals surface area contributed by atoms with E-state index in [9.17, 15) is 22.0 Å². The van der Waals surface area contributed by atoms with Gasteiger partial charge in [-0.05, 0) is 49.1 Å². The molecule has 0 aliphatic carbocycles. The third kappa shape index (κ3) is 6.88. The Balaban J connectivity index is 1.40. The Morgan fingerprint density at radius 2 is 1.87 bits per heavy atom. The maximum Gasteiger partial charge on any atom is 0.387 e. The van der Waals surface area contributed by atoms with Crippen molar-refractivity contribution in [3.8, 4) is 5.75 Å². The lowest BCUT2D eigenvalue weighted by Crippen LogP contribution is -2.28. The number of thioether (sulfide) groups is 1. The van der Waals surface area contributed by atoms with Gasteiger partial charge >= 0.3 is 6.61 Å². The minimum atomic E-state index is -3.50. The minimum absolute atomic E-state index is 0.0888. The van der Waals surface area contributed by atoms with Gasteiger partial charge in [-0.1, -0.05) is 23.9 Å². The number of rotatable bonds is 10. The number of nitrogens with zero attached hydrogens (tertiary/aromatic N) is 2. The smallest absolute Gasteiger partial charge is 0.387 e. The summed E-state index contributed by atoms with van der Waals surface area (Å²) in [4.78, 5) is 16.3. The second-order valence-corrected chi connectivity index (χ2v) is 9.79. The van der Waals surface area contributed by atoms with E-state index in [2.05, 4.69) is 15.0 Å². The molecule has 1 saturated heterocycles. The van der Waals surface area contributed by atoms with E-state index in [0.29, 0.717) is 31.1 Å². The molecule has 0 unspecified atom stereocenters. The predicted octanol–water partition coefficient (Wildman–Crippen LogP) is 2.92. The maximum atomic E-state index is 12.5. The highest BCUT2D eigenvalue weighted by molar-refractivity contribution is 7.99. The van der Waals surface area contributed by atoms with Gasteiger partial charge in [0.15, 0.2) is 0 Å². The molecular formula is C20H23F2N3O4S2. The number of ether oxygens (including phenoxy) is 1. The van der Waals surface area contributed by atoms with Crippen molar-refractivity contribution in [1.82, 2.24) is 14.6 Å². The summed E-state index contributed by atoms with van der Waals surface area (Å²) in [6.07, 6.45) is 3.62. The zero-order chi connectivity index (χ0) is 22.3. The molecule has 0 radical (unpaired) electrons. The first-order chi connectivity index (χ1) is 14.8. The van der Waals surface area contributed by atoms with Crippen LogP contribution in [-0.4, -0.2) is 55.6 Å². The molecule has 1 aromatic heterocycles. The highest BCUT2D eigenvalue weighted by Crippen LogP contribution is 2.22. The molecule has 1 aromatic carbocycles. The summed E-state index contributed by atoms with van der Waals surface area (Å²) in [7, 11) is -3.50. The van der Waals surface area contributed by atoms with Gasteiger partial charge in [-0.25, -0.2) is 13.4 Å². The van der Waals surface area contributed by atoms with E-state index in [1.54, 1.807) is 18.2 Å². The molecule has 7 nitrogen and oxygen atoms in total. The molecule has 2 aromatic rings. The normalized spacial score (nSPS) is 14.7. The molecule has 0 spiro atoms. The molecular weight excluding hydrogens is 448 g/mol. The molecule has 0 saturated carbocycles. The van der Waals surface area contributed by atoms with E-state index in [4.69, 9.17) is 0 Å². The second-order valence-electron chi connectivity index (χ2n) is 6.85. The predicted molar refractivity (Wildman–Crippen MR) is 113 cm³/mol. The van der Waals surface area contributed by atoms with Gasteiger partial charge in [0.2, 0.25) is 15.9 Å². The van der Waals surface area contributed by atoms with Gasteiger partial charge in [0.05, 0.1) is 10.8 Å². The Morgan fingerprint density at radius 1 is 1.16 bits per heavy atom. The Bertz CT molecular complexity index is 965. The number of hydrogen-bond acceptors (Lipinski definition) is 6. The molecule has 1 aliphatic rings. The largest absolute Gasteiger partial charge is 0.435 e. The average Bonchev–Trinajstić information content (AvgIpc) is 3.29.